The number of carboxylic acids is 1. The van der Waals surface area contributed by atoms with Crippen molar-refractivity contribution < 1.29 is 19.4 Å². The molecule has 1 aromatic rings. The van der Waals surface area contributed by atoms with Gasteiger partial charge in [-0.3, -0.25) is 4.79 Å². The molecule has 0 amide bonds. The highest BCUT2D eigenvalue weighted by molar-refractivity contribution is 7.13. The minimum atomic E-state index is -0.934. The van der Waals surface area contributed by atoms with Gasteiger partial charge in [0, 0.05) is 4.88 Å². The molecule has 5 heteroatoms. The fourth-order valence-electron chi connectivity index (χ4n) is 1.39. The molecule has 100 valence electrons. The molecular formula is C13H18O4S. The average Bonchev–Trinajstić information content (AvgIpc) is 2.63. The van der Waals surface area contributed by atoms with E-state index in [-0.39, 0.29) is 11.9 Å². The van der Waals surface area contributed by atoms with Crippen LogP contribution in [0.5, 0.6) is 0 Å². The van der Waals surface area contributed by atoms with Crippen LogP contribution in [0.15, 0.2) is 12.1 Å². The molecule has 1 N–H and O–H groups in total. The van der Waals surface area contributed by atoms with Crippen LogP contribution in [0.2, 0.25) is 0 Å². The Labute approximate surface area is 111 Å². The zero-order chi connectivity index (χ0) is 13.9. The summed E-state index contributed by atoms with van der Waals surface area (Å²) in [5, 5.41) is 8.81. The lowest BCUT2D eigenvalue weighted by molar-refractivity contribution is -0.159. The van der Waals surface area contributed by atoms with Gasteiger partial charge in [0.1, 0.15) is 10.5 Å². The molecule has 0 aliphatic carbocycles. The molecule has 0 saturated carbocycles. The zero-order valence-corrected chi connectivity index (χ0v) is 11.8. The average molecular weight is 270 g/mol. The van der Waals surface area contributed by atoms with E-state index in [0.717, 1.165) is 4.88 Å². The largest absolute Gasteiger partial charge is 0.477 e. The first-order valence-corrected chi connectivity index (χ1v) is 6.55. The minimum Gasteiger partial charge on any atom is -0.477 e. The van der Waals surface area contributed by atoms with Gasteiger partial charge in [-0.1, -0.05) is 6.92 Å². The second-order valence-electron chi connectivity index (χ2n) is 5.21. The lowest BCUT2D eigenvalue weighted by Crippen LogP contribution is -2.28. The van der Waals surface area contributed by atoms with E-state index < -0.39 is 11.6 Å². The van der Waals surface area contributed by atoms with Crippen LogP contribution in [-0.4, -0.2) is 22.6 Å². The van der Waals surface area contributed by atoms with E-state index in [1.807, 2.05) is 20.8 Å². The van der Waals surface area contributed by atoms with Gasteiger partial charge >= 0.3 is 11.9 Å². The van der Waals surface area contributed by atoms with Crippen molar-refractivity contribution in [2.24, 2.45) is 5.92 Å². The summed E-state index contributed by atoms with van der Waals surface area (Å²) >= 11 is 1.20. The van der Waals surface area contributed by atoms with E-state index in [9.17, 15) is 9.59 Å². The fourth-order valence-corrected chi connectivity index (χ4v) is 2.37. The Morgan fingerprint density at radius 2 is 2.00 bits per heavy atom. The second-order valence-corrected chi connectivity index (χ2v) is 6.38. The molecule has 0 aliphatic heterocycles. The molecule has 0 saturated heterocycles. The molecule has 0 radical (unpaired) electrons. The monoisotopic (exact) mass is 270 g/mol. The SMILES string of the molecule is CC(Cc1ccc(C(=O)O)s1)C(=O)OC(C)(C)C. The van der Waals surface area contributed by atoms with Crippen LogP contribution in [0.4, 0.5) is 0 Å². The van der Waals surface area contributed by atoms with Gasteiger partial charge in [0.15, 0.2) is 0 Å². The molecule has 1 heterocycles. The van der Waals surface area contributed by atoms with Crippen molar-refractivity contribution in [1.82, 2.24) is 0 Å². The van der Waals surface area contributed by atoms with Gasteiger partial charge in [0.2, 0.25) is 0 Å². The Kier molecular flexibility index (Phi) is 4.51. The fraction of sp³-hybridized carbons (Fsp3) is 0.538. The van der Waals surface area contributed by atoms with Crippen molar-refractivity contribution >= 4 is 23.3 Å². The Balaban J connectivity index is 2.61. The molecule has 0 spiro atoms. The maximum atomic E-state index is 11.8. The van der Waals surface area contributed by atoms with Gasteiger partial charge in [0.25, 0.3) is 0 Å². The minimum absolute atomic E-state index is 0.257. The lowest BCUT2D eigenvalue weighted by atomic mass is 10.1. The molecule has 1 rings (SSSR count). The smallest absolute Gasteiger partial charge is 0.345 e. The highest BCUT2D eigenvalue weighted by atomic mass is 32.1. The first-order chi connectivity index (χ1) is 8.19. The summed E-state index contributed by atoms with van der Waals surface area (Å²) in [6.07, 6.45) is 0.507. The normalized spacial score (nSPS) is 13.1. The van der Waals surface area contributed by atoms with Crippen LogP contribution < -0.4 is 0 Å². The van der Waals surface area contributed by atoms with Crippen molar-refractivity contribution in [2.45, 2.75) is 39.7 Å². The van der Waals surface area contributed by atoms with Gasteiger partial charge in [-0.25, -0.2) is 4.79 Å². The second kappa shape index (κ2) is 5.52. The Hall–Kier alpha value is -1.36. The van der Waals surface area contributed by atoms with E-state index in [4.69, 9.17) is 9.84 Å². The number of rotatable bonds is 4. The molecule has 4 nitrogen and oxygen atoms in total. The van der Waals surface area contributed by atoms with E-state index in [1.165, 1.54) is 11.3 Å². The van der Waals surface area contributed by atoms with Crippen LogP contribution >= 0.6 is 11.3 Å². The molecule has 1 aromatic heterocycles. The Morgan fingerprint density at radius 1 is 1.39 bits per heavy atom. The van der Waals surface area contributed by atoms with Crippen molar-refractivity contribution in [3.05, 3.63) is 21.9 Å². The number of carbonyl (C=O) groups is 2. The lowest BCUT2D eigenvalue weighted by Gasteiger charge is -2.22. The predicted molar refractivity (Wildman–Crippen MR) is 70.0 cm³/mol. The van der Waals surface area contributed by atoms with Crippen LogP contribution in [0.3, 0.4) is 0 Å². The summed E-state index contributed by atoms with van der Waals surface area (Å²) in [7, 11) is 0. The maximum Gasteiger partial charge on any atom is 0.345 e. The highest BCUT2D eigenvalue weighted by Gasteiger charge is 2.22. The maximum absolute atomic E-state index is 11.8. The number of ether oxygens (including phenoxy) is 1. The van der Waals surface area contributed by atoms with Gasteiger partial charge in [-0.15, -0.1) is 11.3 Å². The third-order valence-corrected chi connectivity index (χ3v) is 3.28. The van der Waals surface area contributed by atoms with Crippen molar-refractivity contribution in [1.29, 1.82) is 0 Å². The number of hydrogen-bond donors (Lipinski definition) is 1. The number of carbonyl (C=O) groups excluding carboxylic acids is 1. The predicted octanol–water partition coefficient (Wildman–Crippen LogP) is 2.97. The summed E-state index contributed by atoms with van der Waals surface area (Å²) in [4.78, 5) is 23.7. The van der Waals surface area contributed by atoms with E-state index in [2.05, 4.69) is 0 Å². The molecule has 0 fully saturated rings. The zero-order valence-electron chi connectivity index (χ0n) is 11.0. The molecule has 0 bridgehead atoms. The highest BCUT2D eigenvalue weighted by Crippen LogP contribution is 2.21. The van der Waals surface area contributed by atoms with Crippen molar-refractivity contribution in [2.75, 3.05) is 0 Å². The van der Waals surface area contributed by atoms with E-state index in [1.54, 1.807) is 19.1 Å². The van der Waals surface area contributed by atoms with Crippen LogP contribution in [-0.2, 0) is 16.0 Å². The van der Waals surface area contributed by atoms with Gasteiger partial charge in [0.05, 0.1) is 5.92 Å². The third kappa shape index (κ3) is 4.49. The van der Waals surface area contributed by atoms with Crippen molar-refractivity contribution in [3.8, 4) is 0 Å². The topological polar surface area (TPSA) is 63.6 Å². The van der Waals surface area contributed by atoms with Gasteiger partial charge in [-0.2, -0.15) is 0 Å². The Bertz CT molecular complexity index is 442. The van der Waals surface area contributed by atoms with Crippen LogP contribution in [0.25, 0.3) is 0 Å². The molecule has 1 unspecified atom stereocenters. The van der Waals surface area contributed by atoms with Gasteiger partial charge < -0.3 is 9.84 Å². The molecule has 18 heavy (non-hydrogen) atoms. The van der Waals surface area contributed by atoms with Crippen LogP contribution in [0, 0.1) is 5.92 Å². The quantitative estimate of drug-likeness (QED) is 0.854. The Morgan fingerprint density at radius 3 is 2.44 bits per heavy atom. The van der Waals surface area contributed by atoms with Gasteiger partial charge in [-0.05, 0) is 39.3 Å². The molecule has 0 aromatic carbocycles. The number of thiophene rings is 1. The standard InChI is InChI=1S/C13H18O4S/c1-8(12(16)17-13(2,3)4)7-9-5-6-10(18-9)11(14)15/h5-6,8H,7H2,1-4H3,(H,14,15). The summed E-state index contributed by atoms with van der Waals surface area (Å²) in [5.74, 6) is -1.46. The number of hydrogen-bond acceptors (Lipinski definition) is 4. The number of esters is 1. The molecule has 0 aliphatic rings. The first-order valence-electron chi connectivity index (χ1n) is 5.74. The molecule has 1 atom stereocenters. The van der Waals surface area contributed by atoms with Crippen molar-refractivity contribution in [3.63, 3.8) is 0 Å². The summed E-state index contributed by atoms with van der Waals surface area (Å²) in [5.41, 5.74) is -0.493. The number of aromatic carboxylic acids is 1. The molecular weight excluding hydrogens is 252 g/mol. The number of carboxylic acid groups (broad SMARTS) is 1. The summed E-state index contributed by atoms with van der Waals surface area (Å²) in [6.45, 7) is 7.26. The third-order valence-electron chi connectivity index (χ3n) is 2.19. The van der Waals surface area contributed by atoms with E-state index in [0.29, 0.717) is 11.3 Å². The first kappa shape index (κ1) is 14.7. The van der Waals surface area contributed by atoms with Crippen LogP contribution in [0.1, 0.15) is 42.2 Å². The van der Waals surface area contributed by atoms with E-state index >= 15 is 0 Å². The summed E-state index contributed by atoms with van der Waals surface area (Å²) in [6, 6.07) is 3.30. The summed E-state index contributed by atoms with van der Waals surface area (Å²) < 4.78 is 5.28.